The second-order valence-corrected chi connectivity index (χ2v) is 5.14. The number of benzene rings is 1. The Morgan fingerprint density at radius 3 is 2.95 bits per heavy atom. The first-order valence-electron chi connectivity index (χ1n) is 6.61. The molecule has 3 N–H and O–H groups in total. The second kappa shape index (κ2) is 4.53. The molecular weight excluding hydrogens is 238 g/mol. The molecule has 1 atom stereocenters. The van der Waals surface area contributed by atoms with E-state index in [1.54, 1.807) is 12.1 Å². The summed E-state index contributed by atoms with van der Waals surface area (Å²) in [5.41, 5.74) is 9.85. The summed E-state index contributed by atoms with van der Waals surface area (Å²) in [6, 6.07) is 7.15. The number of phenolic OH excluding ortho intramolecular Hbond substituents is 1. The molecule has 1 aromatic heterocycles. The van der Waals surface area contributed by atoms with Crippen molar-refractivity contribution in [2.45, 2.75) is 32.1 Å². The maximum absolute atomic E-state index is 9.63. The summed E-state index contributed by atoms with van der Waals surface area (Å²) >= 11 is 0. The zero-order chi connectivity index (χ0) is 13.4. The van der Waals surface area contributed by atoms with Gasteiger partial charge in [-0.3, -0.25) is 0 Å². The monoisotopic (exact) mass is 255 g/mol. The van der Waals surface area contributed by atoms with Gasteiger partial charge in [0.1, 0.15) is 5.75 Å². The Balaban J connectivity index is 2.21. The lowest BCUT2D eigenvalue weighted by Crippen LogP contribution is -2.14. The van der Waals surface area contributed by atoms with Gasteiger partial charge >= 0.3 is 0 Å². The molecular formula is C15H17N3O. The zero-order valence-corrected chi connectivity index (χ0v) is 10.9. The second-order valence-electron chi connectivity index (χ2n) is 5.14. The number of nitrogen functional groups attached to an aromatic ring is 1. The number of nitrogens with zero attached hydrogens (tertiary/aromatic N) is 2. The lowest BCUT2D eigenvalue weighted by molar-refractivity contribution is 0.475. The van der Waals surface area contributed by atoms with E-state index in [-0.39, 0.29) is 5.75 Å². The summed E-state index contributed by atoms with van der Waals surface area (Å²) in [6.07, 6.45) is 3.27. The van der Waals surface area contributed by atoms with Gasteiger partial charge in [-0.2, -0.15) is 0 Å². The van der Waals surface area contributed by atoms with Crippen molar-refractivity contribution in [3.8, 4) is 17.0 Å². The molecule has 1 heterocycles. The van der Waals surface area contributed by atoms with E-state index in [0.717, 1.165) is 36.2 Å². The summed E-state index contributed by atoms with van der Waals surface area (Å²) in [7, 11) is 0. The van der Waals surface area contributed by atoms with Crippen LogP contribution in [0.3, 0.4) is 0 Å². The van der Waals surface area contributed by atoms with Gasteiger partial charge in [0.05, 0.1) is 11.4 Å². The van der Waals surface area contributed by atoms with E-state index in [9.17, 15) is 5.11 Å². The molecule has 19 heavy (non-hydrogen) atoms. The highest BCUT2D eigenvalue weighted by Gasteiger charge is 2.23. The molecule has 0 saturated heterocycles. The largest absolute Gasteiger partial charge is 0.508 e. The summed E-state index contributed by atoms with van der Waals surface area (Å²) in [4.78, 5) is 8.80. The standard InChI is InChI=1S/C15H17N3O/c1-9-4-2-7-12-13(9)17-15(16)18-14(12)10-5-3-6-11(19)8-10/h3,5-6,8-9,19H,2,4,7H2,1H3,(H2,16,17,18). The number of fused-ring (bicyclic) bond motifs is 1. The van der Waals surface area contributed by atoms with Gasteiger partial charge in [0, 0.05) is 11.1 Å². The first kappa shape index (κ1) is 12.0. The SMILES string of the molecule is CC1CCCc2c(-c3cccc(O)c3)nc(N)nc21. The van der Waals surface area contributed by atoms with Crippen molar-refractivity contribution in [2.24, 2.45) is 0 Å². The van der Waals surface area contributed by atoms with Gasteiger partial charge < -0.3 is 10.8 Å². The van der Waals surface area contributed by atoms with Crippen molar-refractivity contribution in [3.05, 3.63) is 35.5 Å². The molecule has 0 radical (unpaired) electrons. The Morgan fingerprint density at radius 1 is 1.32 bits per heavy atom. The predicted molar refractivity (Wildman–Crippen MR) is 74.9 cm³/mol. The molecule has 98 valence electrons. The molecule has 0 amide bonds. The van der Waals surface area contributed by atoms with Gasteiger partial charge in [-0.1, -0.05) is 19.1 Å². The van der Waals surface area contributed by atoms with Crippen LogP contribution in [0, 0.1) is 0 Å². The van der Waals surface area contributed by atoms with Gasteiger partial charge in [-0.25, -0.2) is 9.97 Å². The van der Waals surface area contributed by atoms with E-state index in [0.29, 0.717) is 11.9 Å². The number of aromatic nitrogens is 2. The molecule has 1 aliphatic carbocycles. The van der Waals surface area contributed by atoms with Crippen LogP contribution in [0.5, 0.6) is 5.75 Å². The van der Waals surface area contributed by atoms with Crippen molar-refractivity contribution < 1.29 is 5.11 Å². The third-order valence-electron chi connectivity index (χ3n) is 3.71. The summed E-state index contributed by atoms with van der Waals surface area (Å²) < 4.78 is 0. The molecule has 1 aromatic carbocycles. The normalized spacial score (nSPS) is 18.1. The van der Waals surface area contributed by atoms with Crippen LogP contribution in [0.1, 0.15) is 36.9 Å². The summed E-state index contributed by atoms with van der Waals surface area (Å²) in [5.74, 6) is 0.975. The number of phenols is 1. The molecule has 1 unspecified atom stereocenters. The first-order valence-corrected chi connectivity index (χ1v) is 6.61. The highest BCUT2D eigenvalue weighted by molar-refractivity contribution is 5.67. The summed E-state index contributed by atoms with van der Waals surface area (Å²) in [6.45, 7) is 2.18. The van der Waals surface area contributed by atoms with Crippen LogP contribution in [0.2, 0.25) is 0 Å². The Morgan fingerprint density at radius 2 is 2.16 bits per heavy atom. The maximum Gasteiger partial charge on any atom is 0.220 e. The number of hydrogen-bond acceptors (Lipinski definition) is 4. The Bertz CT molecular complexity index is 625. The maximum atomic E-state index is 9.63. The van der Waals surface area contributed by atoms with E-state index in [4.69, 9.17) is 5.73 Å². The third kappa shape index (κ3) is 2.14. The Labute approximate surface area is 112 Å². The van der Waals surface area contributed by atoms with Crippen LogP contribution in [0.25, 0.3) is 11.3 Å². The van der Waals surface area contributed by atoms with E-state index >= 15 is 0 Å². The molecule has 0 spiro atoms. The molecule has 0 fully saturated rings. The van der Waals surface area contributed by atoms with Crippen molar-refractivity contribution in [3.63, 3.8) is 0 Å². The molecule has 1 aliphatic rings. The smallest absolute Gasteiger partial charge is 0.220 e. The average Bonchev–Trinajstić information content (AvgIpc) is 2.39. The lowest BCUT2D eigenvalue weighted by Gasteiger charge is -2.23. The average molecular weight is 255 g/mol. The predicted octanol–water partition coefficient (Wildman–Crippen LogP) is 2.87. The molecule has 0 saturated carbocycles. The topological polar surface area (TPSA) is 72.0 Å². The van der Waals surface area contributed by atoms with Crippen LogP contribution in [-0.2, 0) is 6.42 Å². The van der Waals surface area contributed by atoms with E-state index < -0.39 is 0 Å². The van der Waals surface area contributed by atoms with Crippen molar-refractivity contribution in [2.75, 3.05) is 5.73 Å². The fourth-order valence-electron chi connectivity index (χ4n) is 2.79. The molecule has 3 rings (SSSR count). The van der Waals surface area contributed by atoms with Crippen LogP contribution >= 0.6 is 0 Å². The number of anilines is 1. The summed E-state index contributed by atoms with van der Waals surface area (Å²) in [5, 5.41) is 9.63. The molecule has 0 bridgehead atoms. The van der Waals surface area contributed by atoms with E-state index in [1.165, 1.54) is 5.56 Å². The fourth-order valence-corrected chi connectivity index (χ4v) is 2.79. The van der Waals surface area contributed by atoms with Gasteiger partial charge in [0.25, 0.3) is 0 Å². The van der Waals surface area contributed by atoms with Crippen molar-refractivity contribution in [1.82, 2.24) is 9.97 Å². The van der Waals surface area contributed by atoms with Gasteiger partial charge in [-0.05, 0) is 37.3 Å². The molecule has 4 nitrogen and oxygen atoms in total. The number of aromatic hydroxyl groups is 1. The highest BCUT2D eigenvalue weighted by Crippen LogP contribution is 2.36. The van der Waals surface area contributed by atoms with Crippen molar-refractivity contribution in [1.29, 1.82) is 0 Å². The molecule has 2 aromatic rings. The molecule has 4 heteroatoms. The first-order chi connectivity index (χ1) is 9.15. The minimum atomic E-state index is 0.243. The van der Waals surface area contributed by atoms with E-state index in [1.807, 2.05) is 12.1 Å². The van der Waals surface area contributed by atoms with Crippen LogP contribution in [0.4, 0.5) is 5.95 Å². The third-order valence-corrected chi connectivity index (χ3v) is 3.71. The number of nitrogens with two attached hydrogens (primary N) is 1. The van der Waals surface area contributed by atoms with Gasteiger partial charge in [0.2, 0.25) is 5.95 Å². The quantitative estimate of drug-likeness (QED) is 0.821. The number of rotatable bonds is 1. The van der Waals surface area contributed by atoms with Crippen molar-refractivity contribution >= 4 is 5.95 Å². The highest BCUT2D eigenvalue weighted by atomic mass is 16.3. The van der Waals surface area contributed by atoms with Crippen LogP contribution in [0.15, 0.2) is 24.3 Å². The van der Waals surface area contributed by atoms with Gasteiger partial charge in [0.15, 0.2) is 0 Å². The number of hydrogen-bond donors (Lipinski definition) is 2. The minimum absolute atomic E-state index is 0.243. The van der Waals surface area contributed by atoms with Crippen LogP contribution in [-0.4, -0.2) is 15.1 Å². The zero-order valence-electron chi connectivity index (χ0n) is 10.9. The lowest BCUT2D eigenvalue weighted by atomic mass is 9.86. The fraction of sp³-hybridized carbons (Fsp3) is 0.333. The van der Waals surface area contributed by atoms with Crippen LogP contribution < -0.4 is 5.73 Å². The van der Waals surface area contributed by atoms with E-state index in [2.05, 4.69) is 16.9 Å². The Kier molecular flexibility index (Phi) is 2.85. The minimum Gasteiger partial charge on any atom is -0.508 e. The Hall–Kier alpha value is -2.10. The molecule has 0 aliphatic heterocycles. The van der Waals surface area contributed by atoms with Gasteiger partial charge in [-0.15, -0.1) is 0 Å².